The predicted molar refractivity (Wildman–Crippen MR) is 65.9 cm³/mol. The Morgan fingerprint density at radius 3 is 2.58 bits per heavy atom. The number of aryl methyl sites for hydroxylation is 1. The maximum Gasteiger partial charge on any atom is 0.282 e. The van der Waals surface area contributed by atoms with Gasteiger partial charge in [0.05, 0.1) is 5.69 Å². The van der Waals surface area contributed by atoms with Gasteiger partial charge in [-0.05, 0) is 28.1 Å². The van der Waals surface area contributed by atoms with Crippen molar-refractivity contribution < 1.29 is 17.2 Å². The van der Waals surface area contributed by atoms with Crippen molar-refractivity contribution in [2.24, 2.45) is 7.05 Å². The molecule has 102 valence electrons. The molecule has 0 fully saturated rings. The Bertz CT molecular complexity index is 712. The van der Waals surface area contributed by atoms with Crippen molar-refractivity contribution >= 4 is 31.6 Å². The van der Waals surface area contributed by atoms with Crippen LogP contribution in [0.4, 0.5) is 14.5 Å². The van der Waals surface area contributed by atoms with Crippen LogP contribution in [0.2, 0.25) is 0 Å². The molecule has 0 aliphatic carbocycles. The molecule has 19 heavy (non-hydrogen) atoms. The summed E-state index contributed by atoms with van der Waals surface area (Å²) in [5, 5.41) is 6.76. The fourth-order valence-corrected chi connectivity index (χ4v) is 3.54. The van der Waals surface area contributed by atoms with Crippen LogP contribution in [0.5, 0.6) is 0 Å². The second-order valence-electron chi connectivity index (χ2n) is 3.54. The number of aromatic nitrogens is 3. The normalized spacial score (nSPS) is 11.6. The first-order valence-corrected chi connectivity index (χ1v) is 7.12. The van der Waals surface area contributed by atoms with Gasteiger partial charge in [0.25, 0.3) is 10.0 Å². The lowest BCUT2D eigenvalue weighted by Crippen LogP contribution is -2.18. The maximum absolute atomic E-state index is 13.4. The minimum Gasteiger partial charge on any atom is -0.275 e. The molecule has 0 saturated carbocycles. The Labute approximate surface area is 115 Å². The molecule has 1 N–H and O–H groups in total. The largest absolute Gasteiger partial charge is 0.282 e. The van der Waals surface area contributed by atoms with Crippen LogP contribution in [0.3, 0.4) is 0 Å². The van der Waals surface area contributed by atoms with E-state index in [4.69, 9.17) is 0 Å². The predicted octanol–water partition coefficient (Wildman–Crippen LogP) is 1.66. The van der Waals surface area contributed by atoms with Gasteiger partial charge in [0.15, 0.2) is 4.60 Å². The SMILES string of the molecule is Cn1nnc(Br)c1S(=O)(=O)Nc1ccc(F)cc1F. The average Bonchev–Trinajstić information content (AvgIpc) is 2.63. The van der Waals surface area contributed by atoms with Gasteiger partial charge in [-0.2, -0.15) is 8.42 Å². The van der Waals surface area contributed by atoms with Gasteiger partial charge < -0.3 is 0 Å². The van der Waals surface area contributed by atoms with E-state index < -0.39 is 21.7 Å². The van der Waals surface area contributed by atoms with E-state index in [1.165, 1.54) is 7.05 Å². The summed E-state index contributed by atoms with van der Waals surface area (Å²) in [4.78, 5) is 0. The van der Waals surface area contributed by atoms with E-state index >= 15 is 0 Å². The van der Waals surface area contributed by atoms with Crippen LogP contribution in [0.25, 0.3) is 0 Å². The minimum absolute atomic E-state index is 0.00924. The number of nitrogens with zero attached hydrogens (tertiary/aromatic N) is 3. The van der Waals surface area contributed by atoms with Gasteiger partial charge in [0.2, 0.25) is 5.03 Å². The number of halogens is 3. The van der Waals surface area contributed by atoms with Crippen LogP contribution >= 0.6 is 15.9 Å². The first kappa shape index (κ1) is 13.9. The van der Waals surface area contributed by atoms with Crippen molar-refractivity contribution in [1.82, 2.24) is 15.0 Å². The molecule has 0 aliphatic rings. The lowest BCUT2D eigenvalue weighted by molar-refractivity contribution is 0.573. The highest BCUT2D eigenvalue weighted by Crippen LogP contribution is 2.23. The van der Waals surface area contributed by atoms with Gasteiger partial charge in [-0.15, -0.1) is 5.10 Å². The fraction of sp³-hybridized carbons (Fsp3) is 0.111. The first-order valence-electron chi connectivity index (χ1n) is 4.84. The van der Waals surface area contributed by atoms with Crippen molar-refractivity contribution in [3.8, 4) is 0 Å². The van der Waals surface area contributed by atoms with Crippen LogP contribution in [0.1, 0.15) is 0 Å². The monoisotopic (exact) mass is 352 g/mol. The summed E-state index contributed by atoms with van der Waals surface area (Å²) in [5.41, 5.74) is -0.366. The van der Waals surface area contributed by atoms with E-state index in [-0.39, 0.29) is 15.3 Å². The van der Waals surface area contributed by atoms with E-state index in [2.05, 4.69) is 26.2 Å². The lowest BCUT2D eigenvalue weighted by Gasteiger charge is -2.08. The van der Waals surface area contributed by atoms with E-state index in [0.717, 1.165) is 16.8 Å². The van der Waals surface area contributed by atoms with Gasteiger partial charge in [0, 0.05) is 13.1 Å². The molecule has 0 radical (unpaired) electrons. The Balaban J connectivity index is 2.42. The van der Waals surface area contributed by atoms with Crippen LogP contribution < -0.4 is 4.72 Å². The van der Waals surface area contributed by atoms with E-state index in [1.54, 1.807) is 0 Å². The third-order valence-electron chi connectivity index (χ3n) is 2.17. The summed E-state index contributed by atoms with van der Waals surface area (Å²) in [7, 11) is -2.72. The summed E-state index contributed by atoms with van der Waals surface area (Å²) in [6.07, 6.45) is 0. The van der Waals surface area contributed by atoms with E-state index in [1.807, 2.05) is 4.72 Å². The minimum atomic E-state index is -4.09. The average molecular weight is 353 g/mol. The molecule has 10 heteroatoms. The number of sulfonamides is 1. The molecule has 0 aliphatic heterocycles. The number of nitrogens with one attached hydrogen (secondary N) is 1. The van der Waals surface area contributed by atoms with Crippen molar-refractivity contribution in [3.63, 3.8) is 0 Å². The van der Waals surface area contributed by atoms with Crippen molar-refractivity contribution in [2.75, 3.05) is 4.72 Å². The molecule has 0 spiro atoms. The molecule has 1 aromatic heterocycles. The molecule has 0 atom stereocenters. The zero-order valence-corrected chi connectivity index (χ0v) is 11.8. The Morgan fingerprint density at radius 2 is 2.05 bits per heavy atom. The van der Waals surface area contributed by atoms with Crippen molar-refractivity contribution in [2.45, 2.75) is 5.03 Å². The Morgan fingerprint density at radius 1 is 1.37 bits per heavy atom. The highest BCUT2D eigenvalue weighted by molar-refractivity contribution is 9.10. The number of anilines is 1. The first-order chi connectivity index (χ1) is 8.81. The Kier molecular flexibility index (Phi) is 3.54. The molecule has 1 heterocycles. The molecule has 0 amide bonds. The Hall–Kier alpha value is -1.55. The van der Waals surface area contributed by atoms with Gasteiger partial charge in [0.1, 0.15) is 11.6 Å². The molecule has 1 aromatic carbocycles. The van der Waals surface area contributed by atoms with Crippen LogP contribution in [0, 0.1) is 11.6 Å². The highest BCUT2D eigenvalue weighted by Gasteiger charge is 2.25. The zero-order chi connectivity index (χ0) is 14.2. The number of hydrogen-bond acceptors (Lipinski definition) is 4. The molecular formula is C9H7BrF2N4O2S. The summed E-state index contributed by atoms with van der Waals surface area (Å²) >= 11 is 2.93. The standard InChI is InChI=1S/C9H7BrF2N4O2S/c1-16-9(8(10)13-15-16)19(17,18)14-7-3-2-5(11)4-6(7)12/h2-4,14H,1H3. The van der Waals surface area contributed by atoms with Gasteiger partial charge in [-0.25, -0.2) is 13.5 Å². The van der Waals surface area contributed by atoms with Gasteiger partial charge in [-0.3, -0.25) is 4.72 Å². The molecule has 0 bridgehead atoms. The van der Waals surface area contributed by atoms with Crippen molar-refractivity contribution in [1.29, 1.82) is 0 Å². The third-order valence-corrected chi connectivity index (χ3v) is 4.42. The van der Waals surface area contributed by atoms with E-state index in [9.17, 15) is 17.2 Å². The molecule has 0 unspecified atom stereocenters. The molecular weight excluding hydrogens is 346 g/mol. The second-order valence-corrected chi connectivity index (χ2v) is 5.89. The molecule has 2 aromatic rings. The second kappa shape index (κ2) is 4.85. The molecule has 0 saturated heterocycles. The van der Waals surface area contributed by atoms with Gasteiger partial charge >= 0.3 is 0 Å². The van der Waals surface area contributed by atoms with Crippen molar-refractivity contribution in [3.05, 3.63) is 34.4 Å². The summed E-state index contributed by atoms with van der Waals surface area (Å²) < 4.78 is 53.2. The maximum atomic E-state index is 13.4. The smallest absolute Gasteiger partial charge is 0.275 e. The van der Waals surface area contributed by atoms with Crippen LogP contribution in [-0.2, 0) is 17.1 Å². The highest BCUT2D eigenvalue weighted by atomic mass is 79.9. The lowest BCUT2D eigenvalue weighted by atomic mass is 10.3. The summed E-state index contributed by atoms with van der Waals surface area (Å²) in [6.45, 7) is 0. The fourth-order valence-electron chi connectivity index (χ4n) is 1.37. The number of hydrogen-bond donors (Lipinski definition) is 1. The summed E-state index contributed by atoms with van der Waals surface area (Å²) in [6, 6.07) is 2.51. The van der Waals surface area contributed by atoms with Crippen LogP contribution in [0.15, 0.2) is 27.8 Å². The zero-order valence-electron chi connectivity index (χ0n) is 9.43. The van der Waals surface area contributed by atoms with E-state index in [0.29, 0.717) is 6.07 Å². The van der Waals surface area contributed by atoms with Crippen LogP contribution in [-0.4, -0.2) is 23.4 Å². The summed E-state index contributed by atoms with van der Waals surface area (Å²) in [5.74, 6) is -1.82. The molecule has 6 nitrogen and oxygen atoms in total. The third kappa shape index (κ3) is 2.73. The number of benzene rings is 1. The molecule has 2 rings (SSSR count). The number of rotatable bonds is 3. The van der Waals surface area contributed by atoms with Gasteiger partial charge in [-0.1, -0.05) is 5.21 Å². The quantitative estimate of drug-likeness (QED) is 0.911. The topological polar surface area (TPSA) is 76.9 Å².